The van der Waals surface area contributed by atoms with Gasteiger partial charge in [-0.1, -0.05) is 6.07 Å². The van der Waals surface area contributed by atoms with Gasteiger partial charge in [-0.15, -0.1) is 11.3 Å². The summed E-state index contributed by atoms with van der Waals surface area (Å²) >= 11 is 1.43. The zero-order chi connectivity index (χ0) is 13.4. The van der Waals surface area contributed by atoms with Gasteiger partial charge < -0.3 is 15.0 Å². The molecule has 3 atom stereocenters. The van der Waals surface area contributed by atoms with E-state index in [0.717, 1.165) is 11.3 Å². The van der Waals surface area contributed by atoms with E-state index in [4.69, 9.17) is 4.74 Å². The summed E-state index contributed by atoms with van der Waals surface area (Å²) in [6.45, 7) is 1.07. The summed E-state index contributed by atoms with van der Waals surface area (Å²) in [5, 5.41) is 4.55. The van der Waals surface area contributed by atoms with E-state index in [0.29, 0.717) is 13.2 Å². The first-order valence-corrected chi connectivity index (χ1v) is 7.28. The average molecular weight is 280 g/mol. The molecule has 1 aromatic heterocycles. The van der Waals surface area contributed by atoms with E-state index < -0.39 is 0 Å². The van der Waals surface area contributed by atoms with Gasteiger partial charge >= 0.3 is 0 Å². The summed E-state index contributed by atoms with van der Waals surface area (Å²) in [6, 6.07) is 3.73. The molecule has 0 spiro atoms. The van der Waals surface area contributed by atoms with Crippen molar-refractivity contribution in [3.05, 3.63) is 22.4 Å². The lowest BCUT2D eigenvalue weighted by atomic mass is 10.0. The number of thiophene rings is 1. The number of carbonyl (C=O) groups excluding carboxylic acids is 2. The Kier molecular flexibility index (Phi) is 3.28. The fraction of sp³-hybridized carbons (Fsp3) is 0.538. The van der Waals surface area contributed by atoms with Crippen LogP contribution >= 0.6 is 11.3 Å². The number of carbonyl (C=O) groups is 2. The Morgan fingerprint density at radius 3 is 3.05 bits per heavy atom. The lowest BCUT2D eigenvalue weighted by Crippen LogP contribution is -2.36. The first-order chi connectivity index (χ1) is 9.22. The quantitative estimate of drug-likeness (QED) is 0.868. The van der Waals surface area contributed by atoms with Crippen LogP contribution < -0.4 is 5.32 Å². The van der Waals surface area contributed by atoms with E-state index in [1.807, 2.05) is 22.4 Å². The van der Waals surface area contributed by atoms with Crippen molar-refractivity contribution in [2.24, 2.45) is 5.92 Å². The van der Waals surface area contributed by atoms with E-state index in [-0.39, 0.29) is 29.9 Å². The van der Waals surface area contributed by atoms with Crippen molar-refractivity contribution < 1.29 is 14.3 Å². The van der Waals surface area contributed by atoms with Crippen LogP contribution in [0.15, 0.2) is 17.5 Å². The number of rotatable bonds is 2. The van der Waals surface area contributed by atoms with Gasteiger partial charge in [0.25, 0.3) is 5.91 Å². The van der Waals surface area contributed by atoms with Crippen molar-refractivity contribution >= 4 is 23.2 Å². The van der Waals surface area contributed by atoms with Crippen LogP contribution in [0.5, 0.6) is 0 Å². The summed E-state index contributed by atoms with van der Waals surface area (Å²) in [5.41, 5.74) is 0. The van der Waals surface area contributed by atoms with Gasteiger partial charge in [-0.2, -0.15) is 0 Å². The second kappa shape index (κ2) is 4.94. The fourth-order valence-electron chi connectivity index (χ4n) is 2.96. The molecule has 6 heteroatoms. The maximum absolute atomic E-state index is 12.5. The molecule has 2 fully saturated rings. The van der Waals surface area contributed by atoms with Crippen LogP contribution in [0.2, 0.25) is 0 Å². The Morgan fingerprint density at radius 1 is 1.53 bits per heavy atom. The Balaban J connectivity index is 1.83. The summed E-state index contributed by atoms with van der Waals surface area (Å²) in [5.74, 6) is -0.276. The lowest BCUT2D eigenvalue weighted by molar-refractivity contribution is -0.127. The molecule has 0 aromatic carbocycles. The van der Waals surface area contributed by atoms with Gasteiger partial charge in [-0.05, 0) is 17.9 Å². The van der Waals surface area contributed by atoms with Crippen molar-refractivity contribution in [2.45, 2.75) is 18.6 Å². The first kappa shape index (κ1) is 12.6. The van der Waals surface area contributed by atoms with Gasteiger partial charge in [0.15, 0.2) is 0 Å². The molecule has 1 aromatic rings. The highest BCUT2D eigenvalue weighted by Crippen LogP contribution is 2.34. The van der Waals surface area contributed by atoms with E-state index >= 15 is 0 Å². The highest BCUT2D eigenvalue weighted by Gasteiger charge is 2.50. The highest BCUT2D eigenvalue weighted by atomic mass is 32.1. The van der Waals surface area contributed by atoms with Crippen LogP contribution in [0.1, 0.15) is 16.1 Å². The predicted octanol–water partition coefficient (Wildman–Crippen LogP) is 0.724. The smallest absolute Gasteiger partial charge is 0.264 e. The molecule has 0 bridgehead atoms. The number of ether oxygens (including phenoxy) is 1. The lowest BCUT2D eigenvalue weighted by Gasteiger charge is -2.21. The molecule has 3 heterocycles. The number of likely N-dealkylation sites (tertiary alicyclic amines) is 1. The Morgan fingerprint density at radius 2 is 2.37 bits per heavy atom. The van der Waals surface area contributed by atoms with Crippen LogP contribution in [0.4, 0.5) is 0 Å². The van der Waals surface area contributed by atoms with Gasteiger partial charge in [0.1, 0.15) is 0 Å². The zero-order valence-electron chi connectivity index (χ0n) is 10.7. The molecule has 3 rings (SSSR count). The number of fused-ring (bicyclic) bond motifs is 1. The molecule has 1 N–H and O–H groups in total. The number of hydrogen-bond acceptors (Lipinski definition) is 4. The van der Waals surface area contributed by atoms with Crippen LogP contribution in [-0.4, -0.2) is 49.1 Å². The van der Waals surface area contributed by atoms with Gasteiger partial charge in [0.2, 0.25) is 5.91 Å². The molecular weight excluding hydrogens is 264 g/mol. The van der Waals surface area contributed by atoms with Crippen LogP contribution in [-0.2, 0) is 9.53 Å². The highest BCUT2D eigenvalue weighted by molar-refractivity contribution is 7.12. The molecule has 102 valence electrons. The van der Waals surface area contributed by atoms with Crippen molar-refractivity contribution in [3.63, 3.8) is 0 Å². The number of nitrogens with zero attached hydrogens (tertiary/aromatic N) is 1. The zero-order valence-corrected chi connectivity index (χ0v) is 11.5. The van der Waals surface area contributed by atoms with Crippen molar-refractivity contribution in [1.29, 1.82) is 0 Å². The van der Waals surface area contributed by atoms with E-state index in [2.05, 4.69) is 5.32 Å². The Bertz CT molecular complexity index is 488. The van der Waals surface area contributed by atoms with Gasteiger partial charge in [-0.3, -0.25) is 9.59 Å². The fourth-order valence-corrected chi connectivity index (χ4v) is 3.64. The average Bonchev–Trinajstić information content (AvgIpc) is 3.12. The molecule has 2 amide bonds. The van der Waals surface area contributed by atoms with Crippen LogP contribution in [0.3, 0.4) is 0 Å². The number of nitrogens with one attached hydrogen (secondary N) is 1. The molecule has 5 nitrogen and oxygen atoms in total. The second-order valence-corrected chi connectivity index (χ2v) is 5.79. The first-order valence-electron chi connectivity index (χ1n) is 6.40. The van der Waals surface area contributed by atoms with E-state index in [9.17, 15) is 9.59 Å². The summed E-state index contributed by atoms with van der Waals surface area (Å²) in [7, 11) is 1.62. The molecule has 19 heavy (non-hydrogen) atoms. The van der Waals surface area contributed by atoms with Gasteiger partial charge in [-0.25, -0.2) is 0 Å². The second-order valence-electron chi connectivity index (χ2n) is 4.85. The normalized spacial score (nSPS) is 29.3. The minimum atomic E-state index is -0.249. The van der Waals surface area contributed by atoms with Crippen molar-refractivity contribution in [1.82, 2.24) is 10.2 Å². The molecule has 0 aliphatic carbocycles. The molecule has 2 aliphatic rings. The molecule has 0 unspecified atom stereocenters. The maximum Gasteiger partial charge on any atom is 0.264 e. The monoisotopic (exact) mass is 280 g/mol. The van der Waals surface area contributed by atoms with Crippen LogP contribution in [0, 0.1) is 5.92 Å². The topological polar surface area (TPSA) is 58.6 Å². The third-order valence-corrected chi connectivity index (χ3v) is 4.73. The third kappa shape index (κ3) is 2.04. The molecule has 0 saturated carbocycles. The van der Waals surface area contributed by atoms with E-state index in [1.54, 1.807) is 7.05 Å². The summed E-state index contributed by atoms with van der Waals surface area (Å²) in [4.78, 5) is 26.9. The third-order valence-electron chi connectivity index (χ3n) is 3.87. The summed E-state index contributed by atoms with van der Waals surface area (Å²) < 4.78 is 5.66. The largest absolute Gasteiger partial charge is 0.375 e. The van der Waals surface area contributed by atoms with Crippen molar-refractivity contribution in [2.75, 3.05) is 20.2 Å². The van der Waals surface area contributed by atoms with Crippen LogP contribution in [0.25, 0.3) is 0 Å². The predicted molar refractivity (Wildman–Crippen MR) is 71.1 cm³/mol. The SMILES string of the molecule is CNC(=O)[C@@H]1CN(C(=O)c2cccs2)[C@H]2CCO[C@@H]12. The number of hydrogen-bond donors (Lipinski definition) is 1. The minimum Gasteiger partial charge on any atom is -0.375 e. The standard InChI is InChI=1S/C13H16N2O3S/c1-14-12(16)8-7-15(9-4-5-18-11(8)9)13(17)10-3-2-6-19-10/h2-3,6,8-9,11H,4-5,7H2,1H3,(H,14,16)/t8-,9+,11+/m1/s1. The van der Waals surface area contributed by atoms with Crippen molar-refractivity contribution in [3.8, 4) is 0 Å². The molecule has 2 saturated heterocycles. The molecular formula is C13H16N2O3S. The number of amides is 2. The summed E-state index contributed by atoms with van der Waals surface area (Å²) in [6.07, 6.45) is 0.666. The molecule has 0 radical (unpaired) electrons. The van der Waals surface area contributed by atoms with Gasteiger partial charge in [0, 0.05) is 20.2 Å². The molecule has 2 aliphatic heterocycles. The minimum absolute atomic E-state index is 0.0157. The Labute approximate surface area is 115 Å². The maximum atomic E-state index is 12.5. The van der Waals surface area contributed by atoms with E-state index in [1.165, 1.54) is 11.3 Å². The van der Waals surface area contributed by atoms with Gasteiger partial charge in [0.05, 0.1) is 22.9 Å². The Hall–Kier alpha value is -1.40.